The predicted molar refractivity (Wildman–Crippen MR) is 89.0 cm³/mol. The van der Waals surface area contributed by atoms with Crippen molar-refractivity contribution in [2.75, 3.05) is 46.2 Å². The van der Waals surface area contributed by atoms with E-state index in [1.165, 1.54) is 0 Å². The van der Waals surface area contributed by atoms with Crippen LogP contribution in [0.1, 0.15) is 12.8 Å². The van der Waals surface area contributed by atoms with Crippen molar-refractivity contribution in [3.05, 3.63) is 18.2 Å². The maximum Gasteiger partial charge on any atom is 0.223 e. The van der Waals surface area contributed by atoms with Crippen molar-refractivity contribution in [3.8, 4) is 11.5 Å². The molecular formula is C16H24N2O3S. The SMILES string of the molecule is COc1ccc(SCCC(=O)N2CCCNCC2)cc1OC. The molecule has 1 heterocycles. The monoisotopic (exact) mass is 324 g/mol. The first-order valence-corrected chi connectivity index (χ1v) is 8.56. The molecule has 0 spiro atoms. The van der Waals surface area contributed by atoms with Gasteiger partial charge in [-0.2, -0.15) is 0 Å². The number of hydrogen-bond acceptors (Lipinski definition) is 5. The quantitative estimate of drug-likeness (QED) is 0.811. The fraction of sp³-hybridized carbons (Fsp3) is 0.562. The summed E-state index contributed by atoms with van der Waals surface area (Å²) in [6, 6.07) is 5.83. The Labute approximate surface area is 136 Å². The van der Waals surface area contributed by atoms with Gasteiger partial charge in [0.25, 0.3) is 0 Å². The number of hydrogen-bond donors (Lipinski definition) is 1. The van der Waals surface area contributed by atoms with Crippen LogP contribution in [0.25, 0.3) is 0 Å². The highest BCUT2D eigenvalue weighted by atomic mass is 32.2. The molecule has 22 heavy (non-hydrogen) atoms. The van der Waals surface area contributed by atoms with Gasteiger partial charge in [-0.25, -0.2) is 0 Å². The summed E-state index contributed by atoms with van der Waals surface area (Å²) in [5.41, 5.74) is 0. The van der Waals surface area contributed by atoms with Crippen molar-refractivity contribution >= 4 is 17.7 Å². The lowest BCUT2D eigenvalue weighted by Crippen LogP contribution is -2.34. The summed E-state index contributed by atoms with van der Waals surface area (Å²) in [5.74, 6) is 2.47. The molecule has 1 aromatic carbocycles. The fourth-order valence-electron chi connectivity index (χ4n) is 2.42. The van der Waals surface area contributed by atoms with Gasteiger partial charge in [-0.05, 0) is 31.2 Å². The summed E-state index contributed by atoms with van der Waals surface area (Å²) in [6.45, 7) is 3.59. The lowest BCUT2D eigenvalue weighted by Gasteiger charge is -2.19. The van der Waals surface area contributed by atoms with Gasteiger partial charge in [0.2, 0.25) is 5.91 Å². The topological polar surface area (TPSA) is 50.8 Å². The van der Waals surface area contributed by atoms with Crippen LogP contribution in [-0.4, -0.2) is 57.0 Å². The standard InChI is InChI=1S/C16H24N2O3S/c1-20-14-5-4-13(12-15(14)21-2)22-11-6-16(19)18-9-3-7-17-8-10-18/h4-5,12,17H,3,6-11H2,1-2H3. The van der Waals surface area contributed by atoms with E-state index in [9.17, 15) is 4.79 Å². The Bertz CT molecular complexity index is 488. The summed E-state index contributed by atoms with van der Waals surface area (Å²) in [4.78, 5) is 15.3. The summed E-state index contributed by atoms with van der Waals surface area (Å²) in [6.07, 6.45) is 1.60. The molecular weight excluding hydrogens is 300 g/mol. The molecule has 0 bridgehead atoms. The first-order chi connectivity index (χ1) is 10.7. The summed E-state index contributed by atoms with van der Waals surface area (Å²) in [7, 11) is 3.25. The molecule has 0 aliphatic carbocycles. The molecule has 6 heteroatoms. The molecule has 1 saturated heterocycles. The number of methoxy groups -OCH3 is 2. The molecule has 1 aliphatic heterocycles. The van der Waals surface area contributed by atoms with Gasteiger partial charge in [-0.1, -0.05) is 0 Å². The third kappa shape index (κ3) is 4.81. The van der Waals surface area contributed by atoms with Gasteiger partial charge >= 0.3 is 0 Å². The van der Waals surface area contributed by atoms with Crippen LogP contribution in [0.2, 0.25) is 0 Å². The third-order valence-electron chi connectivity index (χ3n) is 3.63. The Balaban J connectivity index is 1.81. The Morgan fingerprint density at radius 1 is 1.23 bits per heavy atom. The van der Waals surface area contributed by atoms with Gasteiger partial charge in [-0.15, -0.1) is 11.8 Å². The number of nitrogens with zero attached hydrogens (tertiary/aromatic N) is 1. The first-order valence-electron chi connectivity index (χ1n) is 7.58. The minimum absolute atomic E-state index is 0.247. The number of nitrogens with one attached hydrogen (secondary N) is 1. The van der Waals surface area contributed by atoms with E-state index in [1.807, 2.05) is 23.1 Å². The van der Waals surface area contributed by atoms with E-state index in [2.05, 4.69) is 5.32 Å². The van der Waals surface area contributed by atoms with Gasteiger partial charge in [0.1, 0.15) is 0 Å². The molecule has 0 radical (unpaired) electrons. The normalized spacial score (nSPS) is 15.3. The maximum absolute atomic E-state index is 12.2. The zero-order valence-electron chi connectivity index (χ0n) is 13.3. The van der Waals surface area contributed by atoms with E-state index in [1.54, 1.807) is 26.0 Å². The molecule has 1 aromatic rings. The van der Waals surface area contributed by atoms with Crippen LogP contribution in [0.4, 0.5) is 0 Å². The number of amides is 1. The summed E-state index contributed by atoms with van der Waals surface area (Å²) in [5, 5.41) is 3.31. The second-order valence-electron chi connectivity index (χ2n) is 5.10. The predicted octanol–water partition coefficient (Wildman–Crippen LogP) is 2.01. The van der Waals surface area contributed by atoms with Crippen molar-refractivity contribution in [1.82, 2.24) is 10.2 Å². The van der Waals surface area contributed by atoms with Crippen molar-refractivity contribution in [2.45, 2.75) is 17.7 Å². The molecule has 5 nitrogen and oxygen atoms in total. The van der Waals surface area contributed by atoms with E-state index in [0.29, 0.717) is 6.42 Å². The molecule has 0 unspecified atom stereocenters. The molecule has 0 aromatic heterocycles. The lowest BCUT2D eigenvalue weighted by molar-refractivity contribution is -0.130. The number of carbonyl (C=O) groups is 1. The maximum atomic E-state index is 12.2. The third-order valence-corrected chi connectivity index (χ3v) is 4.63. The number of rotatable bonds is 6. The van der Waals surface area contributed by atoms with Gasteiger partial charge in [-0.3, -0.25) is 4.79 Å². The van der Waals surface area contributed by atoms with Gasteiger partial charge < -0.3 is 19.7 Å². The van der Waals surface area contributed by atoms with Crippen molar-refractivity contribution < 1.29 is 14.3 Å². The molecule has 1 fully saturated rings. The number of carbonyl (C=O) groups excluding carboxylic acids is 1. The average Bonchev–Trinajstić information content (AvgIpc) is 2.83. The average molecular weight is 324 g/mol. The minimum Gasteiger partial charge on any atom is -0.493 e. The summed E-state index contributed by atoms with van der Waals surface area (Å²) < 4.78 is 10.5. The summed E-state index contributed by atoms with van der Waals surface area (Å²) >= 11 is 1.67. The molecule has 0 atom stereocenters. The van der Waals surface area contributed by atoms with Crippen LogP contribution >= 0.6 is 11.8 Å². The highest BCUT2D eigenvalue weighted by Crippen LogP contribution is 2.32. The van der Waals surface area contributed by atoms with E-state index in [0.717, 1.165) is 54.7 Å². The molecule has 122 valence electrons. The minimum atomic E-state index is 0.247. The Morgan fingerprint density at radius 3 is 2.82 bits per heavy atom. The van der Waals surface area contributed by atoms with Crippen molar-refractivity contribution in [2.24, 2.45) is 0 Å². The highest BCUT2D eigenvalue weighted by Gasteiger charge is 2.15. The van der Waals surface area contributed by atoms with Gasteiger partial charge in [0, 0.05) is 36.7 Å². The smallest absolute Gasteiger partial charge is 0.223 e. The number of thioether (sulfide) groups is 1. The molecule has 0 saturated carbocycles. The molecule has 1 N–H and O–H groups in total. The Morgan fingerprint density at radius 2 is 2.05 bits per heavy atom. The van der Waals surface area contributed by atoms with E-state index >= 15 is 0 Å². The van der Waals surface area contributed by atoms with Crippen LogP contribution in [0, 0.1) is 0 Å². The van der Waals surface area contributed by atoms with E-state index in [-0.39, 0.29) is 5.91 Å². The zero-order chi connectivity index (χ0) is 15.8. The van der Waals surface area contributed by atoms with Crippen LogP contribution in [-0.2, 0) is 4.79 Å². The molecule has 1 amide bonds. The second-order valence-corrected chi connectivity index (χ2v) is 6.27. The van der Waals surface area contributed by atoms with Crippen LogP contribution in [0.15, 0.2) is 23.1 Å². The van der Waals surface area contributed by atoms with E-state index in [4.69, 9.17) is 9.47 Å². The Hall–Kier alpha value is -1.40. The van der Waals surface area contributed by atoms with Crippen molar-refractivity contribution in [3.63, 3.8) is 0 Å². The molecule has 2 rings (SSSR count). The lowest BCUT2D eigenvalue weighted by atomic mass is 10.3. The second kappa shape index (κ2) is 8.90. The Kier molecular flexibility index (Phi) is 6.86. The highest BCUT2D eigenvalue weighted by molar-refractivity contribution is 7.99. The van der Waals surface area contributed by atoms with Gasteiger partial charge in [0.15, 0.2) is 11.5 Å². The zero-order valence-corrected chi connectivity index (χ0v) is 14.1. The van der Waals surface area contributed by atoms with E-state index < -0.39 is 0 Å². The number of benzene rings is 1. The van der Waals surface area contributed by atoms with Gasteiger partial charge in [0.05, 0.1) is 14.2 Å². The largest absolute Gasteiger partial charge is 0.493 e. The van der Waals surface area contributed by atoms with Crippen LogP contribution < -0.4 is 14.8 Å². The first kappa shape index (κ1) is 17.0. The molecule has 1 aliphatic rings. The number of ether oxygens (including phenoxy) is 2. The van der Waals surface area contributed by atoms with Crippen molar-refractivity contribution in [1.29, 1.82) is 0 Å². The van der Waals surface area contributed by atoms with Crippen LogP contribution in [0.5, 0.6) is 11.5 Å². The fourth-order valence-corrected chi connectivity index (χ4v) is 3.28. The van der Waals surface area contributed by atoms with Crippen LogP contribution in [0.3, 0.4) is 0 Å².